The Morgan fingerprint density at radius 2 is 2.18 bits per heavy atom. The molecule has 0 unspecified atom stereocenters. The van der Waals surface area contributed by atoms with Gasteiger partial charge in [-0.1, -0.05) is 34.9 Å². The van der Waals surface area contributed by atoms with Crippen LogP contribution in [0.15, 0.2) is 33.3 Å². The Hall–Kier alpha value is -2.67. The second-order valence-corrected chi connectivity index (χ2v) is 7.20. The fraction of sp³-hybridized carbons (Fsp3) is 0.350. The highest BCUT2D eigenvalue weighted by Gasteiger charge is 2.37. The highest BCUT2D eigenvalue weighted by atomic mass is 35.5. The highest BCUT2D eigenvalue weighted by molar-refractivity contribution is 6.33. The lowest BCUT2D eigenvalue weighted by atomic mass is 10.0. The molecule has 2 aromatic heterocycles. The van der Waals surface area contributed by atoms with Crippen LogP contribution in [0.5, 0.6) is 0 Å². The molecular weight excluding hydrogens is 385 g/mol. The minimum atomic E-state index is -0.560. The van der Waals surface area contributed by atoms with Crippen molar-refractivity contribution in [2.45, 2.75) is 39.2 Å². The van der Waals surface area contributed by atoms with Gasteiger partial charge in [0.15, 0.2) is 5.76 Å². The van der Waals surface area contributed by atoms with Gasteiger partial charge in [0.1, 0.15) is 22.8 Å². The predicted octanol–water partition coefficient (Wildman–Crippen LogP) is 4.97. The smallest absolute Gasteiger partial charge is 0.260 e. The minimum absolute atomic E-state index is 0.0630. The van der Waals surface area contributed by atoms with Crippen molar-refractivity contribution in [1.82, 2.24) is 15.2 Å². The Kier molecular flexibility index (Phi) is 4.93. The zero-order valence-electron chi connectivity index (χ0n) is 15.5. The van der Waals surface area contributed by atoms with E-state index < -0.39 is 5.82 Å². The molecule has 1 aromatic carbocycles. The third kappa shape index (κ3) is 3.09. The molecule has 1 atom stereocenters. The molecule has 1 fully saturated rings. The number of likely N-dealkylation sites (tertiary alicyclic amines) is 1. The number of benzene rings is 1. The number of aromatic nitrogens is 2. The van der Waals surface area contributed by atoms with Crippen molar-refractivity contribution in [1.29, 1.82) is 0 Å². The number of nitrogens with zero attached hydrogens (tertiary/aromatic N) is 3. The first-order valence-electron chi connectivity index (χ1n) is 9.18. The number of carbonyl (C=O) groups excluding carboxylic acids is 1. The summed E-state index contributed by atoms with van der Waals surface area (Å²) >= 11 is 6.18. The summed E-state index contributed by atoms with van der Waals surface area (Å²) < 4.78 is 25.1. The van der Waals surface area contributed by atoms with Gasteiger partial charge in [-0.25, -0.2) is 4.39 Å². The van der Waals surface area contributed by atoms with Crippen molar-refractivity contribution in [3.05, 3.63) is 57.9 Å². The van der Waals surface area contributed by atoms with Gasteiger partial charge in [-0.05, 0) is 38.3 Å². The average molecular weight is 404 g/mol. The zero-order chi connectivity index (χ0) is 19.8. The maximum atomic E-state index is 14.4. The standard InChI is InChI=1S/C20H19ClFN3O3/c1-3-12-10-16(28-23-12)15-8-5-9-25(15)20(26)17-11(2)27-24-19(17)18-13(21)6-4-7-14(18)22/h4,6-7,10,15H,3,5,8-9H2,1-2H3/t15-/m0/s1. The van der Waals surface area contributed by atoms with Crippen LogP contribution in [0.4, 0.5) is 4.39 Å². The van der Waals surface area contributed by atoms with E-state index in [-0.39, 0.29) is 33.8 Å². The van der Waals surface area contributed by atoms with Gasteiger partial charge in [-0.15, -0.1) is 0 Å². The van der Waals surface area contributed by atoms with E-state index in [1.54, 1.807) is 17.9 Å². The molecule has 1 aliphatic rings. The summed E-state index contributed by atoms with van der Waals surface area (Å²) in [6, 6.07) is 5.99. The molecule has 1 saturated heterocycles. The molecule has 1 amide bonds. The van der Waals surface area contributed by atoms with Gasteiger partial charge in [0.05, 0.1) is 22.3 Å². The van der Waals surface area contributed by atoms with Crippen molar-refractivity contribution < 1.29 is 18.2 Å². The fourth-order valence-corrected chi connectivity index (χ4v) is 3.87. The van der Waals surface area contributed by atoms with Crippen molar-refractivity contribution in [3.63, 3.8) is 0 Å². The van der Waals surface area contributed by atoms with Gasteiger partial charge < -0.3 is 13.9 Å². The molecule has 3 aromatic rings. The first-order valence-corrected chi connectivity index (χ1v) is 9.56. The number of hydrogen-bond acceptors (Lipinski definition) is 5. The van der Waals surface area contributed by atoms with Crippen LogP contribution in [0, 0.1) is 12.7 Å². The predicted molar refractivity (Wildman–Crippen MR) is 101 cm³/mol. The maximum Gasteiger partial charge on any atom is 0.260 e. The van der Waals surface area contributed by atoms with E-state index in [1.807, 2.05) is 13.0 Å². The summed E-state index contributed by atoms with van der Waals surface area (Å²) in [7, 11) is 0. The van der Waals surface area contributed by atoms with E-state index in [4.69, 9.17) is 20.6 Å². The summed E-state index contributed by atoms with van der Waals surface area (Å²) in [5, 5.41) is 8.13. The van der Waals surface area contributed by atoms with Crippen molar-refractivity contribution in [2.75, 3.05) is 6.54 Å². The minimum Gasteiger partial charge on any atom is -0.360 e. The molecule has 0 bridgehead atoms. The molecule has 28 heavy (non-hydrogen) atoms. The second kappa shape index (κ2) is 7.39. The van der Waals surface area contributed by atoms with Crippen molar-refractivity contribution >= 4 is 17.5 Å². The van der Waals surface area contributed by atoms with E-state index >= 15 is 0 Å². The number of carbonyl (C=O) groups is 1. The van der Waals surface area contributed by atoms with Gasteiger partial charge in [0, 0.05) is 12.6 Å². The Morgan fingerprint density at radius 1 is 1.36 bits per heavy atom. The molecule has 1 aliphatic heterocycles. The Labute approximate surface area is 166 Å². The number of halogens is 2. The third-order valence-corrected chi connectivity index (χ3v) is 5.37. The van der Waals surface area contributed by atoms with Crippen LogP contribution in [0.3, 0.4) is 0 Å². The van der Waals surface area contributed by atoms with Crippen LogP contribution in [-0.2, 0) is 6.42 Å². The van der Waals surface area contributed by atoms with E-state index in [9.17, 15) is 9.18 Å². The lowest BCUT2D eigenvalue weighted by Crippen LogP contribution is -2.31. The molecule has 0 aliphatic carbocycles. The average Bonchev–Trinajstić information content (AvgIpc) is 3.40. The van der Waals surface area contributed by atoms with Crippen LogP contribution in [-0.4, -0.2) is 27.7 Å². The first kappa shape index (κ1) is 18.7. The summed E-state index contributed by atoms with van der Waals surface area (Å²) in [5.74, 6) is 0.125. The van der Waals surface area contributed by atoms with Gasteiger partial charge in [-0.3, -0.25) is 4.79 Å². The van der Waals surface area contributed by atoms with E-state index in [2.05, 4.69) is 10.3 Å². The molecule has 0 spiro atoms. The normalized spacial score (nSPS) is 16.7. The van der Waals surface area contributed by atoms with Crippen LogP contribution >= 0.6 is 11.6 Å². The molecule has 0 radical (unpaired) electrons. The van der Waals surface area contributed by atoms with Gasteiger partial charge in [0.25, 0.3) is 5.91 Å². The SMILES string of the molecule is CCc1cc([C@@H]2CCCN2C(=O)c2c(-c3c(F)cccc3Cl)noc2C)on1. The second-order valence-electron chi connectivity index (χ2n) is 6.79. The molecule has 0 saturated carbocycles. The molecule has 146 valence electrons. The summed E-state index contributed by atoms with van der Waals surface area (Å²) in [6.45, 7) is 4.18. The van der Waals surface area contributed by atoms with Gasteiger partial charge in [0.2, 0.25) is 0 Å². The number of aryl methyl sites for hydroxylation is 2. The monoisotopic (exact) mass is 403 g/mol. The Balaban J connectivity index is 1.73. The first-order chi connectivity index (χ1) is 13.5. The Bertz CT molecular complexity index is 1010. The number of hydrogen-bond donors (Lipinski definition) is 0. The Morgan fingerprint density at radius 3 is 2.89 bits per heavy atom. The van der Waals surface area contributed by atoms with Crippen LogP contribution in [0.1, 0.15) is 53.4 Å². The van der Waals surface area contributed by atoms with Crippen LogP contribution < -0.4 is 0 Å². The summed E-state index contributed by atoms with van der Waals surface area (Å²) in [5.41, 5.74) is 1.24. The van der Waals surface area contributed by atoms with Crippen molar-refractivity contribution in [2.24, 2.45) is 0 Å². The van der Waals surface area contributed by atoms with E-state index in [1.165, 1.54) is 12.1 Å². The van der Waals surface area contributed by atoms with Crippen LogP contribution in [0.2, 0.25) is 5.02 Å². The summed E-state index contributed by atoms with van der Waals surface area (Å²) in [4.78, 5) is 15.1. The maximum absolute atomic E-state index is 14.4. The molecular formula is C20H19ClFN3O3. The fourth-order valence-electron chi connectivity index (χ4n) is 3.62. The molecule has 6 nitrogen and oxygen atoms in total. The lowest BCUT2D eigenvalue weighted by Gasteiger charge is -2.22. The van der Waals surface area contributed by atoms with Crippen LogP contribution in [0.25, 0.3) is 11.3 Å². The highest BCUT2D eigenvalue weighted by Crippen LogP contribution is 2.38. The summed E-state index contributed by atoms with van der Waals surface area (Å²) in [6.07, 6.45) is 2.35. The van der Waals surface area contributed by atoms with E-state index in [0.717, 1.165) is 25.0 Å². The molecule has 4 rings (SSSR count). The van der Waals surface area contributed by atoms with Gasteiger partial charge >= 0.3 is 0 Å². The van der Waals surface area contributed by atoms with Crippen molar-refractivity contribution in [3.8, 4) is 11.3 Å². The number of amides is 1. The zero-order valence-corrected chi connectivity index (χ0v) is 16.3. The number of rotatable bonds is 4. The molecule has 8 heteroatoms. The lowest BCUT2D eigenvalue weighted by molar-refractivity contribution is 0.0713. The topological polar surface area (TPSA) is 72.4 Å². The largest absolute Gasteiger partial charge is 0.360 e. The third-order valence-electron chi connectivity index (χ3n) is 5.06. The molecule has 0 N–H and O–H groups in total. The van der Waals surface area contributed by atoms with Gasteiger partial charge in [-0.2, -0.15) is 0 Å². The van der Waals surface area contributed by atoms with E-state index in [0.29, 0.717) is 18.1 Å². The quantitative estimate of drug-likeness (QED) is 0.615. The molecule has 3 heterocycles.